The van der Waals surface area contributed by atoms with E-state index in [0.29, 0.717) is 5.56 Å². The lowest BCUT2D eigenvalue weighted by Crippen LogP contribution is -2.44. The maximum atomic E-state index is 12.7. The molecule has 0 amide bonds. The van der Waals surface area contributed by atoms with Gasteiger partial charge in [-0.2, -0.15) is 17.5 Å². The van der Waals surface area contributed by atoms with Gasteiger partial charge in [-0.1, -0.05) is 0 Å². The fourth-order valence-corrected chi connectivity index (χ4v) is 5.05. The largest absolute Gasteiger partial charge is 0.393 e. The van der Waals surface area contributed by atoms with Crippen molar-refractivity contribution in [3.8, 4) is 0 Å². The van der Waals surface area contributed by atoms with Crippen LogP contribution in [0.3, 0.4) is 0 Å². The average Bonchev–Trinajstić information content (AvgIpc) is 2.87. The van der Waals surface area contributed by atoms with Crippen LogP contribution in [0.5, 0.6) is 0 Å². The Bertz CT molecular complexity index is 568. The van der Waals surface area contributed by atoms with Crippen LogP contribution in [0.25, 0.3) is 0 Å². The molecule has 1 atom stereocenters. The van der Waals surface area contributed by atoms with Gasteiger partial charge in [-0.15, -0.1) is 11.3 Å². The number of thiophene rings is 1. The smallest absolute Gasteiger partial charge is 0.326 e. The molecule has 1 unspecified atom stereocenters. The van der Waals surface area contributed by atoms with E-state index >= 15 is 0 Å². The van der Waals surface area contributed by atoms with Crippen molar-refractivity contribution >= 4 is 21.4 Å². The Morgan fingerprint density at radius 2 is 2.15 bits per heavy atom. The van der Waals surface area contributed by atoms with E-state index in [1.165, 1.54) is 6.07 Å². The molecule has 114 valence electrons. The maximum absolute atomic E-state index is 12.7. The minimum atomic E-state index is -4.36. The fourth-order valence-electron chi connectivity index (χ4n) is 2.15. The van der Waals surface area contributed by atoms with Crippen LogP contribution < -0.4 is 5.73 Å². The monoisotopic (exact) mass is 328 g/mol. The van der Waals surface area contributed by atoms with E-state index in [1.54, 1.807) is 5.38 Å². The molecule has 2 heterocycles. The molecule has 1 aromatic heterocycles. The topological polar surface area (TPSA) is 63.4 Å². The second kappa shape index (κ2) is 5.63. The number of sulfonamides is 1. The van der Waals surface area contributed by atoms with E-state index in [2.05, 4.69) is 0 Å². The van der Waals surface area contributed by atoms with Crippen LogP contribution in [0.1, 0.15) is 18.4 Å². The Hall–Kier alpha value is -0.640. The fraction of sp³-hybridized carbons (Fsp3) is 0.636. The molecule has 1 aliphatic rings. The number of rotatable bonds is 3. The molecule has 1 aromatic rings. The van der Waals surface area contributed by atoms with E-state index in [9.17, 15) is 21.6 Å². The van der Waals surface area contributed by atoms with Gasteiger partial charge in [-0.05, 0) is 29.9 Å². The standard InChI is InChI=1S/C11H15F3N2O2S2/c12-11(13,14)9-2-1-3-16(6-9)20(17,18)10-4-8(5-15)7-19-10/h4,7,9H,1-3,5-6,15H2. The number of hydrogen-bond acceptors (Lipinski definition) is 4. The molecule has 20 heavy (non-hydrogen) atoms. The lowest BCUT2D eigenvalue weighted by molar-refractivity contribution is -0.182. The van der Waals surface area contributed by atoms with Gasteiger partial charge in [0, 0.05) is 19.6 Å². The molecule has 0 aliphatic carbocycles. The zero-order valence-corrected chi connectivity index (χ0v) is 12.2. The molecule has 1 fully saturated rings. The van der Waals surface area contributed by atoms with Gasteiger partial charge in [-0.3, -0.25) is 0 Å². The lowest BCUT2D eigenvalue weighted by atomic mass is 9.99. The first-order valence-corrected chi connectivity index (χ1v) is 8.41. The molecule has 2 N–H and O–H groups in total. The summed E-state index contributed by atoms with van der Waals surface area (Å²) >= 11 is 0.993. The van der Waals surface area contributed by atoms with E-state index < -0.39 is 28.7 Å². The first-order chi connectivity index (χ1) is 9.25. The molecule has 4 nitrogen and oxygen atoms in total. The Kier molecular flexibility index (Phi) is 4.43. The summed E-state index contributed by atoms with van der Waals surface area (Å²) in [6, 6.07) is 1.43. The average molecular weight is 328 g/mol. The molecular formula is C11H15F3N2O2S2. The minimum Gasteiger partial charge on any atom is -0.326 e. The van der Waals surface area contributed by atoms with Crippen molar-refractivity contribution in [3.63, 3.8) is 0 Å². The van der Waals surface area contributed by atoms with Crippen LogP contribution in [-0.4, -0.2) is 32.0 Å². The van der Waals surface area contributed by atoms with Crippen molar-refractivity contribution in [1.29, 1.82) is 0 Å². The first kappa shape index (κ1) is 15.7. The summed E-state index contributed by atoms with van der Waals surface area (Å²) < 4.78 is 63.8. The van der Waals surface area contributed by atoms with E-state index in [0.717, 1.165) is 15.6 Å². The molecule has 0 radical (unpaired) electrons. The Morgan fingerprint density at radius 1 is 1.45 bits per heavy atom. The van der Waals surface area contributed by atoms with Crippen molar-refractivity contribution in [1.82, 2.24) is 4.31 Å². The molecule has 0 bridgehead atoms. The summed E-state index contributed by atoms with van der Waals surface area (Å²) in [4.78, 5) is 0. The van der Waals surface area contributed by atoms with E-state index in [-0.39, 0.29) is 30.1 Å². The van der Waals surface area contributed by atoms with Gasteiger partial charge in [0.1, 0.15) is 4.21 Å². The van der Waals surface area contributed by atoms with Crippen LogP contribution in [0.4, 0.5) is 13.2 Å². The molecule has 9 heteroatoms. The normalized spacial score (nSPS) is 22.1. The Balaban J connectivity index is 2.21. The zero-order chi connectivity index (χ0) is 15.0. The highest BCUT2D eigenvalue weighted by Crippen LogP contribution is 2.35. The highest BCUT2D eigenvalue weighted by Gasteiger charge is 2.44. The number of nitrogens with two attached hydrogens (primary N) is 1. The van der Waals surface area contributed by atoms with Gasteiger partial charge >= 0.3 is 6.18 Å². The van der Waals surface area contributed by atoms with E-state index in [1.807, 2.05) is 0 Å². The van der Waals surface area contributed by atoms with Crippen LogP contribution in [0.15, 0.2) is 15.7 Å². The lowest BCUT2D eigenvalue weighted by Gasteiger charge is -2.32. The molecule has 1 saturated heterocycles. The molecular weight excluding hydrogens is 313 g/mol. The summed E-state index contributed by atoms with van der Waals surface area (Å²) in [5.74, 6) is -1.58. The number of alkyl halides is 3. The summed E-state index contributed by atoms with van der Waals surface area (Å²) in [7, 11) is -3.85. The van der Waals surface area contributed by atoms with Crippen molar-refractivity contribution in [3.05, 3.63) is 17.0 Å². The van der Waals surface area contributed by atoms with Gasteiger partial charge in [0.05, 0.1) is 5.92 Å². The van der Waals surface area contributed by atoms with E-state index in [4.69, 9.17) is 5.73 Å². The predicted molar refractivity (Wildman–Crippen MR) is 69.7 cm³/mol. The SMILES string of the molecule is NCc1csc(S(=O)(=O)N2CCCC(C(F)(F)F)C2)c1. The van der Waals surface area contributed by atoms with Crippen LogP contribution in [0.2, 0.25) is 0 Å². The van der Waals surface area contributed by atoms with Gasteiger partial charge in [0.2, 0.25) is 0 Å². The number of nitrogens with zero attached hydrogens (tertiary/aromatic N) is 1. The second-order valence-corrected chi connectivity index (χ2v) is 7.80. The zero-order valence-electron chi connectivity index (χ0n) is 10.6. The van der Waals surface area contributed by atoms with Crippen LogP contribution in [-0.2, 0) is 16.6 Å². The third-order valence-electron chi connectivity index (χ3n) is 3.31. The van der Waals surface area contributed by atoms with Gasteiger partial charge < -0.3 is 5.73 Å². The molecule has 0 spiro atoms. The first-order valence-electron chi connectivity index (χ1n) is 6.09. The van der Waals surface area contributed by atoms with Crippen molar-refractivity contribution in [2.45, 2.75) is 29.8 Å². The van der Waals surface area contributed by atoms with Crippen molar-refractivity contribution < 1.29 is 21.6 Å². The van der Waals surface area contributed by atoms with Crippen LogP contribution >= 0.6 is 11.3 Å². The summed E-state index contributed by atoms with van der Waals surface area (Å²) in [6.07, 6.45) is -4.15. The molecule has 2 rings (SSSR count). The third kappa shape index (κ3) is 3.16. The number of hydrogen-bond donors (Lipinski definition) is 1. The molecule has 0 saturated carbocycles. The quantitative estimate of drug-likeness (QED) is 0.925. The second-order valence-electron chi connectivity index (χ2n) is 4.72. The Labute approximate surface area is 119 Å². The Morgan fingerprint density at radius 3 is 2.70 bits per heavy atom. The summed E-state index contributed by atoms with van der Waals surface area (Å²) in [5, 5.41) is 1.61. The third-order valence-corrected chi connectivity index (χ3v) is 6.64. The number of piperidine rings is 1. The summed E-state index contributed by atoms with van der Waals surface area (Å²) in [5.41, 5.74) is 6.08. The van der Waals surface area contributed by atoms with Crippen molar-refractivity contribution in [2.24, 2.45) is 11.7 Å². The molecule has 0 aromatic carbocycles. The van der Waals surface area contributed by atoms with Gasteiger partial charge in [0.25, 0.3) is 10.0 Å². The summed E-state index contributed by atoms with van der Waals surface area (Å²) in [6.45, 7) is -0.163. The highest BCUT2D eigenvalue weighted by atomic mass is 32.2. The minimum absolute atomic E-state index is 0.0198. The maximum Gasteiger partial charge on any atom is 0.393 e. The van der Waals surface area contributed by atoms with Crippen molar-refractivity contribution in [2.75, 3.05) is 13.1 Å². The number of halogens is 3. The highest BCUT2D eigenvalue weighted by molar-refractivity contribution is 7.91. The molecule has 1 aliphatic heterocycles. The van der Waals surface area contributed by atoms with Crippen LogP contribution in [0, 0.1) is 5.92 Å². The predicted octanol–water partition coefficient (Wildman–Crippen LogP) is 2.17. The van der Waals surface area contributed by atoms with Gasteiger partial charge in [0.15, 0.2) is 0 Å². The van der Waals surface area contributed by atoms with Gasteiger partial charge in [-0.25, -0.2) is 8.42 Å².